The van der Waals surface area contributed by atoms with Crippen LogP contribution in [0.25, 0.3) is 0 Å². The Morgan fingerprint density at radius 2 is 2.24 bits per heavy atom. The summed E-state index contributed by atoms with van der Waals surface area (Å²) in [6.07, 6.45) is 2.50. The van der Waals surface area contributed by atoms with Gasteiger partial charge in [0.25, 0.3) is 0 Å². The lowest BCUT2D eigenvalue weighted by atomic mass is 10.0. The molecule has 1 aliphatic rings. The maximum absolute atomic E-state index is 9.41. The van der Waals surface area contributed by atoms with E-state index in [-0.39, 0.29) is 6.61 Å². The molecule has 0 bridgehead atoms. The third kappa shape index (κ3) is 3.65. The van der Waals surface area contributed by atoms with Gasteiger partial charge in [0.2, 0.25) is 0 Å². The molecule has 0 radical (unpaired) electrons. The number of aromatic nitrogens is 2. The van der Waals surface area contributed by atoms with E-state index >= 15 is 0 Å². The first-order valence-corrected chi connectivity index (χ1v) is 8.20. The largest absolute Gasteiger partial charge is 0.395 e. The second-order valence-electron chi connectivity index (χ2n) is 6.09. The molecule has 2 rings (SSSR count). The lowest BCUT2D eigenvalue weighted by molar-refractivity contribution is 0.147. The molecule has 1 fully saturated rings. The summed E-state index contributed by atoms with van der Waals surface area (Å²) in [6, 6.07) is 0.848. The van der Waals surface area contributed by atoms with E-state index in [0.717, 1.165) is 31.9 Å². The molecule has 2 N–H and O–H groups in total. The van der Waals surface area contributed by atoms with Crippen LogP contribution in [0.5, 0.6) is 0 Å². The van der Waals surface area contributed by atoms with Gasteiger partial charge >= 0.3 is 0 Å². The molecule has 0 amide bonds. The lowest BCUT2D eigenvalue weighted by Gasteiger charge is -2.31. The second kappa shape index (κ2) is 7.38. The van der Waals surface area contributed by atoms with Gasteiger partial charge in [0.1, 0.15) is 0 Å². The minimum Gasteiger partial charge on any atom is -0.395 e. The quantitative estimate of drug-likeness (QED) is 0.802. The first kappa shape index (κ1) is 16.5. The SMILES string of the molecule is CCn1nc(C)c(C(C)N(CCO)CC2CCCN2)c1C. The predicted octanol–water partition coefficient (Wildman–Crippen LogP) is 1.63. The third-order valence-electron chi connectivity index (χ3n) is 4.71. The van der Waals surface area contributed by atoms with Crippen LogP contribution in [-0.2, 0) is 6.54 Å². The van der Waals surface area contributed by atoms with Crippen LogP contribution < -0.4 is 5.32 Å². The van der Waals surface area contributed by atoms with Crippen LogP contribution in [0.2, 0.25) is 0 Å². The van der Waals surface area contributed by atoms with E-state index in [4.69, 9.17) is 0 Å². The molecular formula is C16H30N4O. The number of hydrogen-bond acceptors (Lipinski definition) is 4. The molecule has 0 aliphatic carbocycles. The highest BCUT2D eigenvalue weighted by atomic mass is 16.3. The molecular weight excluding hydrogens is 264 g/mol. The van der Waals surface area contributed by atoms with Crippen molar-refractivity contribution in [1.82, 2.24) is 20.0 Å². The van der Waals surface area contributed by atoms with Crippen molar-refractivity contribution in [1.29, 1.82) is 0 Å². The van der Waals surface area contributed by atoms with E-state index in [1.807, 2.05) is 0 Å². The third-order valence-corrected chi connectivity index (χ3v) is 4.71. The van der Waals surface area contributed by atoms with Gasteiger partial charge in [-0.2, -0.15) is 5.10 Å². The van der Waals surface area contributed by atoms with Crippen molar-refractivity contribution in [3.63, 3.8) is 0 Å². The highest BCUT2D eigenvalue weighted by Crippen LogP contribution is 2.27. The topological polar surface area (TPSA) is 53.3 Å². The summed E-state index contributed by atoms with van der Waals surface area (Å²) in [5.74, 6) is 0. The molecule has 21 heavy (non-hydrogen) atoms. The van der Waals surface area contributed by atoms with Crippen LogP contribution >= 0.6 is 0 Å². The molecule has 2 atom stereocenters. The Morgan fingerprint density at radius 3 is 2.76 bits per heavy atom. The number of nitrogens with one attached hydrogen (secondary N) is 1. The van der Waals surface area contributed by atoms with Gasteiger partial charge in [-0.15, -0.1) is 0 Å². The molecule has 2 unspecified atom stereocenters. The van der Waals surface area contributed by atoms with Gasteiger partial charge in [0.05, 0.1) is 12.3 Å². The molecule has 0 saturated carbocycles. The van der Waals surface area contributed by atoms with Crippen LogP contribution in [-0.4, -0.2) is 52.1 Å². The van der Waals surface area contributed by atoms with Crippen molar-refractivity contribution in [2.24, 2.45) is 0 Å². The van der Waals surface area contributed by atoms with Crippen LogP contribution in [0.15, 0.2) is 0 Å². The van der Waals surface area contributed by atoms with Crippen molar-refractivity contribution in [2.45, 2.75) is 59.2 Å². The smallest absolute Gasteiger partial charge is 0.0644 e. The van der Waals surface area contributed by atoms with Gasteiger partial charge in [0, 0.05) is 43.0 Å². The first-order valence-electron chi connectivity index (χ1n) is 8.20. The highest BCUT2D eigenvalue weighted by Gasteiger charge is 2.25. The van der Waals surface area contributed by atoms with Gasteiger partial charge in [-0.3, -0.25) is 9.58 Å². The van der Waals surface area contributed by atoms with Gasteiger partial charge in [0.15, 0.2) is 0 Å². The summed E-state index contributed by atoms with van der Waals surface area (Å²) in [7, 11) is 0. The predicted molar refractivity (Wildman–Crippen MR) is 85.5 cm³/mol. The van der Waals surface area contributed by atoms with Gasteiger partial charge in [-0.05, 0) is 47.1 Å². The molecule has 1 aromatic heterocycles. The summed E-state index contributed by atoms with van der Waals surface area (Å²) in [4.78, 5) is 2.39. The van der Waals surface area contributed by atoms with Crippen LogP contribution in [0.3, 0.4) is 0 Å². The van der Waals surface area contributed by atoms with E-state index in [1.54, 1.807) is 0 Å². The number of aryl methyl sites for hydroxylation is 2. The Hall–Kier alpha value is -0.910. The fraction of sp³-hybridized carbons (Fsp3) is 0.812. The Balaban J connectivity index is 2.16. The van der Waals surface area contributed by atoms with E-state index in [0.29, 0.717) is 12.1 Å². The average Bonchev–Trinajstić information content (AvgIpc) is 3.06. The van der Waals surface area contributed by atoms with E-state index in [2.05, 4.69) is 47.7 Å². The van der Waals surface area contributed by atoms with Gasteiger partial charge < -0.3 is 10.4 Å². The first-order chi connectivity index (χ1) is 10.1. The molecule has 5 nitrogen and oxygen atoms in total. The van der Waals surface area contributed by atoms with Gasteiger partial charge in [-0.25, -0.2) is 0 Å². The van der Waals surface area contributed by atoms with Crippen LogP contribution in [0.1, 0.15) is 49.7 Å². The zero-order valence-electron chi connectivity index (χ0n) is 13.9. The number of aliphatic hydroxyl groups excluding tert-OH is 1. The maximum Gasteiger partial charge on any atom is 0.0644 e. The zero-order chi connectivity index (χ0) is 15.4. The standard InChI is InChI=1S/C16H30N4O/c1-5-20-14(4)16(12(2)18-20)13(3)19(9-10-21)11-15-7-6-8-17-15/h13,15,17,21H,5-11H2,1-4H3. The highest BCUT2D eigenvalue weighted by molar-refractivity contribution is 5.28. The Kier molecular flexibility index (Phi) is 5.79. The van der Waals surface area contributed by atoms with Crippen molar-refractivity contribution < 1.29 is 5.11 Å². The van der Waals surface area contributed by atoms with Gasteiger partial charge in [-0.1, -0.05) is 0 Å². The summed E-state index contributed by atoms with van der Waals surface area (Å²) in [6.45, 7) is 12.6. The molecule has 1 saturated heterocycles. The number of hydrogen-bond donors (Lipinski definition) is 2. The molecule has 0 aromatic carbocycles. The molecule has 1 aliphatic heterocycles. The Morgan fingerprint density at radius 1 is 1.48 bits per heavy atom. The molecule has 2 heterocycles. The molecule has 0 spiro atoms. The summed E-state index contributed by atoms with van der Waals surface area (Å²) < 4.78 is 2.08. The van der Waals surface area contributed by atoms with Crippen molar-refractivity contribution in [2.75, 3.05) is 26.2 Å². The second-order valence-corrected chi connectivity index (χ2v) is 6.09. The van der Waals surface area contributed by atoms with E-state index < -0.39 is 0 Å². The van der Waals surface area contributed by atoms with E-state index in [1.165, 1.54) is 24.1 Å². The molecule has 120 valence electrons. The Bertz CT molecular complexity index is 451. The molecule has 1 aromatic rings. The fourth-order valence-corrected chi connectivity index (χ4v) is 3.57. The number of nitrogens with zero attached hydrogens (tertiary/aromatic N) is 3. The number of rotatable bonds is 7. The summed E-state index contributed by atoms with van der Waals surface area (Å²) >= 11 is 0. The maximum atomic E-state index is 9.41. The minimum absolute atomic E-state index is 0.205. The minimum atomic E-state index is 0.205. The van der Waals surface area contributed by atoms with Crippen molar-refractivity contribution >= 4 is 0 Å². The van der Waals surface area contributed by atoms with Crippen LogP contribution in [0, 0.1) is 13.8 Å². The zero-order valence-corrected chi connectivity index (χ0v) is 13.9. The molecule has 5 heteroatoms. The van der Waals surface area contributed by atoms with Crippen LogP contribution in [0.4, 0.5) is 0 Å². The van der Waals surface area contributed by atoms with Crippen molar-refractivity contribution in [3.8, 4) is 0 Å². The summed E-state index contributed by atoms with van der Waals surface area (Å²) in [5.41, 5.74) is 3.69. The lowest BCUT2D eigenvalue weighted by Crippen LogP contribution is -2.40. The normalized spacial score (nSPS) is 20.4. The summed E-state index contributed by atoms with van der Waals surface area (Å²) in [5, 5.41) is 17.6. The number of aliphatic hydroxyl groups is 1. The van der Waals surface area contributed by atoms with Crippen molar-refractivity contribution in [3.05, 3.63) is 17.0 Å². The Labute approximate surface area is 128 Å². The monoisotopic (exact) mass is 294 g/mol. The average molecular weight is 294 g/mol. The van der Waals surface area contributed by atoms with E-state index in [9.17, 15) is 5.11 Å². The fourth-order valence-electron chi connectivity index (χ4n) is 3.57.